The molecule has 0 bridgehead atoms. The first-order chi connectivity index (χ1) is 12.7. The number of amides is 1. The number of H-pyrrole nitrogens is 1. The van der Waals surface area contributed by atoms with Crippen molar-refractivity contribution in [3.63, 3.8) is 0 Å². The number of rotatable bonds is 4. The monoisotopic (exact) mass is 381 g/mol. The van der Waals surface area contributed by atoms with Crippen molar-refractivity contribution in [3.8, 4) is 0 Å². The summed E-state index contributed by atoms with van der Waals surface area (Å²) in [5, 5.41) is 14.9. The average Bonchev–Trinajstić information content (AvgIpc) is 3.22. The van der Waals surface area contributed by atoms with Crippen LogP contribution < -0.4 is 10.6 Å². The number of nitrogens with one attached hydrogen (secondary N) is 3. The van der Waals surface area contributed by atoms with Crippen LogP contribution >= 0.6 is 11.3 Å². The first-order valence-electron chi connectivity index (χ1n) is 8.95. The molecule has 7 heteroatoms. The number of hydrogen-bond acceptors (Lipinski definition) is 5. The molecular formula is C20H23N5OS. The van der Waals surface area contributed by atoms with Gasteiger partial charge in [-0.15, -0.1) is 0 Å². The highest BCUT2D eigenvalue weighted by atomic mass is 32.1. The molecule has 3 N–H and O–H groups in total. The Morgan fingerprint density at radius 1 is 1.33 bits per heavy atom. The third-order valence-electron chi connectivity index (χ3n) is 4.78. The Morgan fingerprint density at radius 2 is 2.15 bits per heavy atom. The normalized spacial score (nSPS) is 16.5. The van der Waals surface area contributed by atoms with Crippen molar-refractivity contribution in [2.24, 2.45) is 5.41 Å². The third kappa shape index (κ3) is 3.47. The summed E-state index contributed by atoms with van der Waals surface area (Å²) >= 11 is 1.46. The van der Waals surface area contributed by atoms with E-state index < -0.39 is 5.54 Å². The number of carbonyl (C=O) groups is 1. The summed E-state index contributed by atoms with van der Waals surface area (Å²) in [4.78, 5) is 17.4. The van der Waals surface area contributed by atoms with Crippen molar-refractivity contribution in [2.75, 3.05) is 5.32 Å². The minimum absolute atomic E-state index is 0.121. The van der Waals surface area contributed by atoms with Gasteiger partial charge in [-0.1, -0.05) is 37.3 Å². The number of aromatic nitrogens is 3. The number of anilines is 1. The molecule has 2 heterocycles. The van der Waals surface area contributed by atoms with Gasteiger partial charge in [-0.05, 0) is 43.9 Å². The lowest BCUT2D eigenvalue weighted by Crippen LogP contribution is -2.49. The number of nitrogens with zero attached hydrogens (tertiary/aromatic N) is 2. The van der Waals surface area contributed by atoms with E-state index in [1.165, 1.54) is 11.3 Å². The Bertz CT molecular complexity index is 1090. The predicted molar refractivity (Wildman–Crippen MR) is 111 cm³/mol. The SMILES string of the molecule is CC1(C)C=CC(NC(C)(C)C(=O)Nc2nc3ccc4[nH]ncc4c3s2)=CC1. The minimum atomic E-state index is -0.763. The van der Waals surface area contributed by atoms with Gasteiger partial charge in [0.25, 0.3) is 5.91 Å². The molecule has 0 aliphatic heterocycles. The largest absolute Gasteiger partial charge is 0.372 e. The maximum absolute atomic E-state index is 12.8. The second-order valence-corrected chi connectivity index (χ2v) is 9.15. The third-order valence-corrected chi connectivity index (χ3v) is 5.80. The zero-order valence-corrected chi connectivity index (χ0v) is 16.7. The molecule has 0 fully saturated rings. The Labute approximate surface area is 161 Å². The summed E-state index contributed by atoms with van der Waals surface area (Å²) in [7, 11) is 0. The highest BCUT2D eigenvalue weighted by Gasteiger charge is 2.29. The zero-order chi connectivity index (χ0) is 19.2. The fourth-order valence-electron chi connectivity index (χ4n) is 3.05. The first-order valence-corrected chi connectivity index (χ1v) is 9.77. The highest BCUT2D eigenvalue weighted by molar-refractivity contribution is 7.23. The first kappa shape index (κ1) is 17.7. The fraction of sp³-hybridized carbons (Fsp3) is 0.350. The van der Waals surface area contributed by atoms with Crippen LogP contribution in [0.25, 0.3) is 21.1 Å². The Morgan fingerprint density at radius 3 is 2.89 bits per heavy atom. The van der Waals surface area contributed by atoms with Crippen LogP contribution in [0.4, 0.5) is 5.13 Å². The van der Waals surface area contributed by atoms with Gasteiger partial charge < -0.3 is 5.32 Å². The maximum atomic E-state index is 12.8. The van der Waals surface area contributed by atoms with Crippen molar-refractivity contribution in [1.29, 1.82) is 0 Å². The summed E-state index contributed by atoms with van der Waals surface area (Å²) in [5.41, 5.74) is 2.19. The number of aromatic amines is 1. The molecule has 0 saturated heterocycles. The van der Waals surface area contributed by atoms with E-state index in [1.54, 1.807) is 6.20 Å². The van der Waals surface area contributed by atoms with Crippen molar-refractivity contribution < 1.29 is 4.79 Å². The van der Waals surface area contributed by atoms with E-state index in [0.717, 1.165) is 33.2 Å². The lowest BCUT2D eigenvalue weighted by Gasteiger charge is -2.29. The molecule has 3 aromatic rings. The van der Waals surface area contributed by atoms with Crippen LogP contribution in [0.5, 0.6) is 0 Å². The van der Waals surface area contributed by atoms with Crippen LogP contribution in [0.15, 0.2) is 42.3 Å². The van der Waals surface area contributed by atoms with Crippen molar-refractivity contribution in [1.82, 2.24) is 20.5 Å². The standard InChI is InChI=1S/C20H23N5OS/c1-19(2)9-7-12(8-10-19)24-20(3,4)17(26)23-18-22-15-6-5-14-13(11-21-25-14)16(15)27-18/h5-9,11,24H,10H2,1-4H3,(H,21,25)(H,22,23,26). The van der Waals surface area contributed by atoms with Gasteiger partial charge in [0, 0.05) is 11.1 Å². The van der Waals surface area contributed by atoms with E-state index in [4.69, 9.17) is 0 Å². The van der Waals surface area contributed by atoms with Crippen LogP contribution in [0.3, 0.4) is 0 Å². The second kappa shape index (κ2) is 6.20. The molecule has 0 unspecified atom stereocenters. The molecule has 0 atom stereocenters. The summed E-state index contributed by atoms with van der Waals surface area (Å²) < 4.78 is 1.02. The topological polar surface area (TPSA) is 82.7 Å². The van der Waals surface area contributed by atoms with Crippen LogP contribution in [-0.4, -0.2) is 26.6 Å². The second-order valence-electron chi connectivity index (χ2n) is 8.15. The molecule has 27 heavy (non-hydrogen) atoms. The van der Waals surface area contributed by atoms with E-state index in [-0.39, 0.29) is 11.3 Å². The van der Waals surface area contributed by atoms with Gasteiger partial charge in [-0.3, -0.25) is 15.2 Å². The van der Waals surface area contributed by atoms with Crippen LogP contribution in [-0.2, 0) is 4.79 Å². The molecule has 1 aliphatic rings. The Kier molecular flexibility index (Phi) is 4.07. The Hall–Kier alpha value is -2.67. The van der Waals surface area contributed by atoms with E-state index in [9.17, 15) is 4.79 Å². The fourth-order valence-corrected chi connectivity index (χ4v) is 4.02. The lowest BCUT2D eigenvalue weighted by atomic mass is 9.85. The van der Waals surface area contributed by atoms with E-state index in [0.29, 0.717) is 5.13 Å². The molecular weight excluding hydrogens is 358 g/mol. The summed E-state index contributed by atoms with van der Waals surface area (Å²) in [6, 6.07) is 3.88. The van der Waals surface area contributed by atoms with Crippen LogP contribution in [0, 0.1) is 5.41 Å². The van der Waals surface area contributed by atoms with Gasteiger partial charge in [0.05, 0.1) is 21.9 Å². The Balaban J connectivity index is 1.52. The number of hydrogen-bond donors (Lipinski definition) is 3. The van der Waals surface area contributed by atoms with Crippen LogP contribution in [0.1, 0.15) is 34.1 Å². The van der Waals surface area contributed by atoms with Gasteiger partial charge in [0.1, 0.15) is 5.54 Å². The smallest absolute Gasteiger partial charge is 0.251 e. The summed E-state index contributed by atoms with van der Waals surface area (Å²) in [6.07, 6.45) is 9.10. The van der Waals surface area contributed by atoms with E-state index in [1.807, 2.05) is 32.1 Å². The molecule has 2 aromatic heterocycles. The molecule has 1 amide bonds. The molecule has 6 nitrogen and oxygen atoms in total. The van der Waals surface area contributed by atoms with E-state index >= 15 is 0 Å². The van der Waals surface area contributed by atoms with Gasteiger partial charge in [0.15, 0.2) is 5.13 Å². The molecule has 1 aliphatic carbocycles. The molecule has 0 saturated carbocycles. The van der Waals surface area contributed by atoms with Crippen molar-refractivity contribution in [3.05, 3.63) is 42.3 Å². The van der Waals surface area contributed by atoms with Gasteiger partial charge >= 0.3 is 0 Å². The van der Waals surface area contributed by atoms with Gasteiger partial charge in [0.2, 0.25) is 0 Å². The summed E-state index contributed by atoms with van der Waals surface area (Å²) in [6.45, 7) is 8.13. The van der Waals surface area contributed by atoms with Gasteiger partial charge in [-0.25, -0.2) is 4.98 Å². The lowest BCUT2D eigenvalue weighted by molar-refractivity contribution is -0.120. The van der Waals surface area contributed by atoms with Crippen molar-refractivity contribution >= 4 is 43.5 Å². The quantitative estimate of drug-likeness (QED) is 0.627. The maximum Gasteiger partial charge on any atom is 0.251 e. The number of allylic oxidation sites excluding steroid dienone is 3. The number of carbonyl (C=O) groups excluding carboxylic acids is 1. The predicted octanol–water partition coefficient (Wildman–Crippen LogP) is 4.35. The summed E-state index contributed by atoms with van der Waals surface area (Å²) in [5.74, 6) is -0.121. The molecule has 140 valence electrons. The highest BCUT2D eigenvalue weighted by Crippen LogP contribution is 2.32. The zero-order valence-electron chi connectivity index (χ0n) is 15.9. The molecule has 4 rings (SSSR count). The number of thiazole rings is 1. The average molecular weight is 382 g/mol. The minimum Gasteiger partial charge on any atom is -0.372 e. The van der Waals surface area contributed by atoms with Gasteiger partial charge in [-0.2, -0.15) is 5.10 Å². The molecule has 0 spiro atoms. The molecule has 0 radical (unpaired) electrons. The number of fused-ring (bicyclic) bond motifs is 3. The molecule has 1 aromatic carbocycles. The number of benzene rings is 1. The van der Waals surface area contributed by atoms with Crippen LogP contribution in [0.2, 0.25) is 0 Å². The van der Waals surface area contributed by atoms with E-state index in [2.05, 4.69) is 51.8 Å². The van der Waals surface area contributed by atoms with Crippen molar-refractivity contribution in [2.45, 2.75) is 39.7 Å².